The summed E-state index contributed by atoms with van der Waals surface area (Å²) < 4.78 is 6.77. The molecule has 1 amide bonds. The lowest BCUT2D eigenvalue weighted by Crippen LogP contribution is -2.31. The van der Waals surface area contributed by atoms with E-state index in [9.17, 15) is 9.59 Å². The van der Waals surface area contributed by atoms with Gasteiger partial charge in [-0.3, -0.25) is 9.36 Å². The van der Waals surface area contributed by atoms with Crippen molar-refractivity contribution in [2.75, 3.05) is 6.54 Å². The lowest BCUT2D eigenvalue weighted by molar-refractivity contribution is -0.132. The molecule has 0 bridgehead atoms. The number of fused-ring (bicyclic) bond motifs is 1. The molecule has 1 aliphatic rings. The third kappa shape index (κ3) is 2.67. The van der Waals surface area contributed by atoms with Gasteiger partial charge in [0.2, 0.25) is 5.91 Å². The second kappa shape index (κ2) is 6.28. The van der Waals surface area contributed by atoms with Crippen molar-refractivity contribution in [1.29, 1.82) is 0 Å². The van der Waals surface area contributed by atoms with Crippen molar-refractivity contribution in [3.05, 3.63) is 57.2 Å². The molecular weight excluding hydrogens is 324 g/mol. The molecule has 1 fully saturated rings. The van der Waals surface area contributed by atoms with E-state index in [0.717, 1.165) is 24.9 Å². The number of nitrogens with zero attached hydrogens (tertiary/aromatic N) is 2. The molecule has 4 rings (SSSR count). The fraction of sp³-hybridized carbons (Fsp3) is 0.333. The van der Waals surface area contributed by atoms with Gasteiger partial charge in [0, 0.05) is 24.4 Å². The zero-order valence-corrected chi connectivity index (χ0v) is 14.0. The Morgan fingerprint density at radius 1 is 1.25 bits per heavy atom. The Morgan fingerprint density at radius 3 is 2.96 bits per heavy atom. The highest BCUT2D eigenvalue weighted by Gasteiger charge is 2.30. The Labute approximate surface area is 143 Å². The summed E-state index contributed by atoms with van der Waals surface area (Å²) in [6.45, 7) is 1.14. The molecule has 3 aromatic rings. The smallest absolute Gasteiger partial charge is 0.408 e. The monoisotopic (exact) mass is 342 g/mol. The van der Waals surface area contributed by atoms with Crippen molar-refractivity contribution >= 4 is 28.3 Å². The zero-order valence-electron chi connectivity index (χ0n) is 13.2. The second-order valence-electron chi connectivity index (χ2n) is 6.00. The van der Waals surface area contributed by atoms with E-state index in [1.807, 2.05) is 34.5 Å². The van der Waals surface area contributed by atoms with Crippen LogP contribution in [0.15, 0.2) is 51.0 Å². The number of thiophene rings is 1. The van der Waals surface area contributed by atoms with E-state index in [2.05, 4.69) is 6.07 Å². The summed E-state index contributed by atoms with van der Waals surface area (Å²) in [5.74, 6) is -0.302. The van der Waals surface area contributed by atoms with Crippen molar-refractivity contribution in [1.82, 2.24) is 9.47 Å². The van der Waals surface area contributed by atoms with Gasteiger partial charge in [-0.1, -0.05) is 18.2 Å². The molecule has 124 valence electrons. The molecule has 0 N–H and O–H groups in total. The van der Waals surface area contributed by atoms with Crippen LogP contribution in [-0.2, 0) is 11.3 Å². The van der Waals surface area contributed by atoms with E-state index < -0.39 is 5.76 Å². The largest absolute Gasteiger partial charge is 0.419 e. The minimum absolute atomic E-state index is 0.100. The predicted octanol–water partition coefficient (Wildman–Crippen LogP) is 3.41. The molecular formula is C18H18N2O3S. The van der Waals surface area contributed by atoms with Crippen molar-refractivity contribution in [2.24, 2.45) is 0 Å². The number of carbonyl (C=O) groups excluding carboxylic acids is 1. The Balaban J connectivity index is 1.50. The first-order chi connectivity index (χ1) is 11.7. The molecule has 24 heavy (non-hydrogen) atoms. The number of para-hydroxylation sites is 2. The van der Waals surface area contributed by atoms with Gasteiger partial charge < -0.3 is 9.32 Å². The lowest BCUT2D eigenvalue weighted by Gasteiger charge is -2.24. The molecule has 1 saturated heterocycles. The van der Waals surface area contributed by atoms with Gasteiger partial charge >= 0.3 is 5.76 Å². The van der Waals surface area contributed by atoms with Gasteiger partial charge in [0.05, 0.1) is 11.6 Å². The number of hydrogen-bond acceptors (Lipinski definition) is 4. The maximum Gasteiger partial charge on any atom is 0.419 e. The van der Waals surface area contributed by atoms with Gasteiger partial charge in [-0.05, 0) is 36.4 Å². The van der Waals surface area contributed by atoms with Crippen LogP contribution in [0.25, 0.3) is 11.1 Å². The van der Waals surface area contributed by atoms with Crippen molar-refractivity contribution in [2.45, 2.75) is 31.8 Å². The van der Waals surface area contributed by atoms with Crippen LogP contribution in [0.4, 0.5) is 0 Å². The number of aryl methyl sites for hydroxylation is 1. The summed E-state index contributed by atoms with van der Waals surface area (Å²) in [5.41, 5.74) is 1.30. The molecule has 5 nitrogen and oxygen atoms in total. The van der Waals surface area contributed by atoms with Gasteiger partial charge in [0.1, 0.15) is 0 Å². The van der Waals surface area contributed by atoms with E-state index in [0.29, 0.717) is 18.5 Å². The summed E-state index contributed by atoms with van der Waals surface area (Å²) >= 11 is 1.70. The lowest BCUT2D eigenvalue weighted by atomic mass is 10.2. The van der Waals surface area contributed by atoms with E-state index in [4.69, 9.17) is 4.42 Å². The highest BCUT2D eigenvalue weighted by atomic mass is 32.1. The fourth-order valence-electron chi connectivity index (χ4n) is 3.42. The standard InChI is InChI=1S/C18H18N2O3S/c21-17(19-10-3-6-14(19)16-8-4-12-24-16)9-11-20-13-5-1-2-7-15(13)23-18(20)22/h1-2,4-5,7-8,12,14H,3,6,9-11H2. The van der Waals surface area contributed by atoms with Gasteiger partial charge in [-0.2, -0.15) is 0 Å². The highest BCUT2D eigenvalue weighted by molar-refractivity contribution is 7.10. The molecule has 0 spiro atoms. The average Bonchev–Trinajstić information content (AvgIpc) is 3.31. The third-order valence-electron chi connectivity index (χ3n) is 4.57. The number of amides is 1. The van der Waals surface area contributed by atoms with Crippen LogP contribution in [0.2, 0.25) is 0 Å². The quantitative estimate of drug-likeness (QED) is 0.730. The molecule has 0 aliphatic carbocycles. The zero-order chi connectivity index (χ0) is 16.5. The molecule has 6 heteroatoms. The molecule has 2 aromatic heterocycles. The number of carbonyl (C=O) groups is 1. The van der Waals surface area contributed by atoms with Gasteiger partial charge in [0.25, 0.3) is 0 Å². The Hall–Kier alpha value is -2.34. The molecule has 1 atom stereocenters. The summed E-state index contributed by atoms with van der Waals surface area (Å²) in [4.78, 5) is 27.9. The summed E-state index contributed by atoms with van der Waals surface area (Å²) in [7, 11) is 0. The Morgan fingerprint density at radius 2 is 2.12 bits per heavy atom. The molecule has 1 unspecified atom stereocenters. The van der Waals surface area contributed by atoms with Crippen LogP contribution < -0.4 is 5.76 Å². The summed E-state index contributed by atoms with van der Waals surface area (Å²) in [6, 6.07) is 11.6. The Kier molecular flexibility index (Phi) is 3.98. The average molecular weight is 342 g/mol. The Bertz CT molecular complexity index is 910. The minimum atomic E-state index is -0.403. The number of likely N-dealkylation sites (tertiary alicyclic amines) is 1. The van der Waals surface area contributed by atoms with Gasteiger partial charge in [-0.25, -0.2) is 4.79 Å². The summed E-state index contributed by atoms with van der Waals surface area (Å²) in [6.07, 6.45) is 2.36. The first-order valence-corrected chi connectivity index (χ1v) is 9.03. The minimum Gasteiger partial charge on any atom is -0.408 e. The van der Waals surface area contributed by atoms with Crippen LogP contribution >= 0.6 is 11.3 Å². The van der Waals surface area contributed by atoms with Crippen molar-refractivity contribution in [3.63, 3.8) is 0 Å². The molecule has 0 radical (unpaired) electrons. The SMILES string of the molecule is O=C(CCn1c(=O)oc2ccccc21)N1CCCC1c1cccs1. The summed E-state index contributed by atoms with van der Waals surface area (Å²) in [5, 5.41) is 2.05. The van der Waals surface area contributed by atoms with E-state index in [-0.39, 0.29) is 11.9 Å². The van der Waals surface area contributed by atoms with Gasteiger partial charge in [0.15, 0.2) is 5.58 Å². The predicted molar refractivity (Wildman–Crippen MR) is 93.1 cm³/mol. The van der Waals surface area contributed by atoms with Gasteiger partial charge in [-0.15, -0.1) is 11.3 Å². The first kappa shape index (κ1) is 15.2. The number of benzene rings is 1. The first-order valence-electron chi connectivity index (χ1n) is 8.15. The van der Waals surface area contributed by atoms with Crippen LogP contribution in [0.3, 0.4) is 0 Å². The number of hydrogen-bond donors (Lipinski definition) is 0. The topological polar surface area (TPSA) is 55.5 Å². The number of aromatic nitrogens is 1. The maximum atomic E-state index is 12.7. The third-order valence-corrected chi connectivity index (χ3v) is 5.54. The van der Waals surface area contributed by atoms with Crippen LogP contribution in [0.1, 0.15) is 30.2 Å². The van der Waals surface area contributed by atoms with Crippen LogP contribution in [0.5, 0.6) is 0 Å². The molecule has 0 saturated carbocycles. The van der Waals surface area contributed by atoms with E-state index in [1.165, 1.54) is 4.88 Å². The van der Waals surface area contributed by atoms with Crippen LogP contribution in [0, 0.1) is 0 Å². The van der Waals surface area contributed by atoms with Crippen LogP contribution in [-0.4, -0.2) is 21.9 Å². The number of oxazole rings is 1. The maximum absolute atomic E-state index is 12.7. The molecule has 3 heterocycles. The molecule has 1 aliphatic heterocycles. The highest BCUT2D eigenvalue weighted by Crippen LogP contribution is 2.34. The second-order valence-corrected chi connectivity index (χ2v) is 6.98. The fourth-order valence-corrected chi connectivity index (χ4v) is 4.29. The normalized spacial score (nSPS) is 17.7. The van der Waals surface area contributed by atoms with E-state index in [1.54, 1.807) is 22.0 Å². The van der Waals surface area contributed by atoms with Crippen molar-refractivity contribution in [3.8, 4) is 0 Å². The van der Waals surface area contributed by atoms with E-state index >= 15 is 0 Å². The number of rotatable bonds is 4. The van der Waals surface area contributed by atoms with Crippen molar-refractivity contribution < 1.29 is 9.21 Å². The molecule has 1 aromatic carbocycles.